The number of aromatic hydroxyl groups is 2. The van der Waals surface area contributed by atoms with Crippen molar-refractivity contribution in [3.05, 3.63) is 94.2 Å². The highest BCUT2D eigenvalue weighted by molar-refractivity contribution is 8.76. The third-order valence-electron chi connectivity index (χ3n) is 14.9. The average molecular weight is 1110 g/mol. The lowest BCUT2D eigenvalue weighted by Crippen LogP contribution is -2.51. The lowest BCUT2D eigenvalue weighted by molar-refractivity contribution is -0.118. The van der Waals surface area contributed by atoms with Crippen molar-refractivity contribution in [3.63, 3.8) is 0 Å². The Hall–Kier alpha value is -6.77. The fourth-order valence-electron chi connectivity index (χ4n) is 11.1. The zero-order valence-corrected chi connectivity index (χ0v) is 44.2. The summed E-state index contributed by atoms with van der Waals surface area (Å²) < 4.78 is 47.4. The normalized spacial score (nSPS) is 23.7. The summed E-state index contributed by atoms with van der Waals surface area (Å²) in [7, 11) is 4.35. The van der Waals surface area contributed by atoms with Crippen LogP contribution in [-0.2, 0) is 30.1 Å². The number of aliphatic hydroxyl groups excluding tert-OH is 1. The predicted molar refractivity (Wildman–Crippen MR) is 285 cm³/mol. The second-order valence-electron chi connectivity index (χ2n) is 19.7. The summed E-state index contributed by atoms with van der Waals surface area (Å²) >= 11 is 0. The molecule has 2 aliphatic heterocycles. The number of fused-ring (bicyclic) bond motifs is 6. The number of alkyl carbamates (subject to hydrolysis) is 1. The maximum atomic E-state index is 14.2. The molecule has 3 fully saturated rings. The van der Waals surface area contributed by atoms with Gasteiger partial charge in [0.1, 0.15) is 53.6 Å². The van der Waals surface area contributed by atoms with E-state index >= 15 is 0 Å². The number of carbonyl (C=O) groups is 4. The monoisotopic (exact) mass is 1110 g/mol. The van der Waals surface area contributed by atoms with Crippen molar-refractivity contribution < 1.29 is 72.1 Å². The number of phenols is 2. The number of morpholine rings is 1. The number of phenolic OH excluding ortho intramolecular Hbond substituents is 2. The molecule has 5 aliphatic rings. The molecule has 7 atom stereocenters. The Kier molecular flexibility index (Phi) is 15.4. The zero-order chi connectivity index (χ0) is 54.2. The van der Waals surface area contributed by atoms with E-state index < -0.39 is 71.3 Å². The van der Waals surface area contributed by atoms with Crippen molar-refractivity contribution in [3.8, 4) is 34.4 Å². The standard InChI is InChI=1S/C54H57N7O15S2/c1-27-20-30(22-34(55)43(27)62)74-36-24-54(23-33-39(36)47(66)41-40(45(33)64)44(63)31-8-4-10-35(69-2)38(31)46(41)65)37(72-26-73-54)25-71-52(67)57-12-18-77-78-19-13-58-53(68)75-29-7-3-6-28(21-29)49-59-42-32-9-5-11-56-51(32)76-48(42)50(60-49)61-14-16-70-17-15-61/h3-11,21,27,30,34,36-37,43,62,64,66H,12-20,22-26,55H2,1-2H3,(H,57,67)(H,58,68)/t27-,30?,34+,36?,37?,43-,54+/m1/s1. The van der Waals surface area contributed by atoms with Crippen LogP contribution in [-0.4, -0.2) is 155 Å². The Morgan fingerprint density at radius 2 is 1.71 bits per heavy atom. The summed E-state index contributed by atoms with van der Waals surface area (Å²) in [6.45, 7) is 4.35. The Morgan fingerprint density at radius 3 is 2.49 bits per heavy atom. The minimum atomic E-state index is -1.29. The number of aromatic nitrogens is 3. The van der Waals surface area contributed by atoms with Crippen LogP contribution >= 0.6 is 21.6 Å². The van der Waals surface area contributed by atoms with E-state index in [9.17, 15) is 34.5 Å². The minimum Gasteiger partial charge on any atom is -0.507 e. The van der Waals surface area contributed by atoms with Gasteiger partial charge in [-0.25, -0.2) is 24.5 Å². The first kappa shape index (κ1) is 53.2. The smallest absolute Gasteiger partial charge is 0.412 e. The van der Waals surface area contributed by atoms with E-state index in [1.807, 2.05) is 25.1 Å². The molecular formula is C54H57N7O15S2. The molecule has 2 saturated heterocycles. The van der Waals surface area contributed by atoms with Gasteiger partial charge in [0.25, 0.3) is 0 Å². The largest absolute Gasteiger partial charge is 0.507 e. The first-order valence-electron chi connectivity index (χ1n) is 25.6. The molecule has 3 aromatic carbocycles. The number of ketones is 2. The van der Waals surface area contributed by atoms with Gasteiger partial charge in [0.2, 0.25) is 11.5 Å². The maximum absolute atomic E-state index is 14.2. The number of methoxy groups -OCH3 is 1. The number of hydrogen-bond acceptors (Lipinski definition) is 22. The van der Waals surface area contributed by atoms with Gasteiger partial charge < -0.3 is 74.2 Å². The van der Waals surface area contributed by atoms with E-state index in [-0.39, 0.29) is 84.3 Å². The minimum absolute atomic E-state index is 0.0101. The van der Waals surface area contributed by atoms with E-state index in [1.54, 1.807) is 30.5 Å². The fourth-order valence-corrected chi connectivity index (χ4v) is 12.9. The van der Waals surface area contributed by atoms with E-state index in [2.05, 4.69) is 20.5 Å². The Balaban J connectivity index is 0.675. The van der Waals surface area contributed by atoms with Crippen LogP contribution in [0.4, 0.5) is 15.4 Å². The molecule has 3 aromatic heterocycles. The number of nitrogens with two attached hydrogens (primary N) is 1. The van der Waals surface area contributed by atoms with Crippen molar-refractivity contribution in [2.45, 2.75) is 68.7 Å². The number of ether oxygens (including phenoxy) is 7. The number of nitrogens with zero attached hydrogens (tertiary/aromatic N) is 4. The summed E-state index contributed by atoms with van der Waals surface area (Å²) in [5.41, 5.74) is 6.83. The lowest BCUT2D eigenvalue weighted by Gasteiger charge is -2.44. The van der Waals surface area contributed by atoms with Gasteiger partial charge in [0.15, 0.2) is 23.0 Å². The summed E-state index contributed by atoms with van der Waals surface area (Å²) in [5.74, 6) is -0.0403. The van der Waals surface area contributed by atoms with Gasteiger partial charge in [0.05, 0.1) is 60.7 Å². The van der Waals surface area contributed by atoms with Gasteiger partial charge in [-0.3, -0.25) is 9.59 Å². The summed E-state index contributed by atoms with van der Waals surface area (Å²) in [6, 6.07) is 14.7. The van der Waals surface area contributed by atoms with E-state index in [0.717, 1.165) is 5.39 Å². The first-order chi connectivity index (χ1) is 37.8. The first-order valence-corrected chi connectivity index (χ1v) is 28.1. The average Bonchev–Trinajstić information content (AvgIpc) is 4.16. The lowest BCUT2D eigenvalue weighted by atomic mass is 9.71. The van der Waals surface area contributed by atoms with E-state index in [1.165, 1.54) is 40.8 Å². The van der Waals surface area contributed by atoms with Crippen LogP contribution in [0.15, 0.2) is 65.2 Å². The Morgan fingerprint density at radius 1 is 0.936 bits per heavy atom. The number of nitrogens with one attached hydrogen (secondary N) is 2. The molecule has 22 nitrogen and oxygen atoms in total. The molecular weight excluding hydrogens is 1050 g/mol. The van der Waals surface area contributed by atoms with Crippen molar-refractivity contribution >= 4 is 73.4 Å². The molecule has 2 amide bonds. The van der Waals surface area contributed by atoms with Crippen molar-refractivity contribution in [1.29, 1.82) is 0 Å². The molecule has 5 heterocycles. The summed E-state index contributed by atoms with van der Waals surface area (Å²) in [5, 5.41) is 41.1. The van der Waals surface area contributed by atoms with Crippen LogP contribution in [0.1, 0.15) is 75.3 Å². The summed E-state index contributed by atoms with van der Waals surface area (Å²) in [6.07, 6.45) is -2.21. The summed E-state index contributed by atoms with van der Waals surface area (Å²) in [4.78, 5) is 70.5. The number of hydrogen-bond donors (Lipinski definition) is 6. The molecule has 0 radical (unpaired) electrons. The topological polar surface area (TPSA) is 299 Å². The number of rotatable bonds is 15. The van der Waals surface area contributed by atoms with Crippen LogP contribution < -0.4 is 30.7 Å². The molecule has 1 spiro atoms. The number of amides is 2. The zero-order valence-electron chi connectivity index (χ0n) is 42.6. The highest BCUT2D eigenvalue weighted by atomic mass is 33.1. The SMILES string of the molecule is COc1cccc2c1C(=O)c1c(O)c3c(c(O)c1C2=O)C[C@@]1(CC3OC2C[C@@H](C)[C@@H](O)[C@@H](N)C2)OCOC1COC(=O)NCCSSCCNC(=O)Oc1cccc(-c2nc(N3CCOCC3)c3oc4ncccc4c3n2)c1. The van der Waals surface area contributed by atoms with Gasteiger partial charge in [0, 0.05) is 85.0 Å². The number of aliphatic hydroxyl groups is 1. The molecule has 3 aliphatic carbocycles. The van der Waals surface area contributed by atoms with Crippen LogP contribution in [0.5, 0.6) is 23.0 Å². The van der Waals surface area contributed by atoms with Gasteiger partial charge >= 0.3 is 12.2 Å². The Bertz CT molecular complexity index is 3290. The van der Waals surface area contributed by atoms with E-state index in [4.69, 9.17) is 53.3 Å². The molecule has 0 bridgehead atoms. The van der Waals surface area contributed by atoms with Crippen molar-refractivity contribution in [1.82, 2.24) is 25.6 Å². The van der Waals surface area contributed by atoms with Crippen LogP contribution in [0, 0.1) is 5.92 Å². The molecule has 410 valence electrons. The fraction of sp³-hybridized carbons (Fsp3) is 0.426. The molecule has 3 unspecified atom stereocenters. The number of benzene rings is 3. The number of furan rings is 1. The molecule has 1 saturated carbocycles. The van der Waals surface area contributed by atoms with Gasteiger partial charge in [-0.15, -0.1) is 0 Å². The van der Waals surface area contributed by atoms with Crippen LogP contribution in [0.3, 0.4) is 0 Å². The van der Waals surface area contributed by atoms with Crippen molar-refractivity contribution in [2.75, 3.05) is 76.3 Å². The highest BCUT2D eigenvalue weighted by Crippen LogP contribution is 2.55. The third-order valence-corrected chi connectivity index (χ3v) is 17.3. The molecule has 24 heteroatoms. The number of anilines is 1. The van der Waals surface area contributed by atoms with Crippen LogP contribution in [0.25, 0.3) is 33.6 Å². The number of carbonyl (C=O) groups excluding carboxylic acids is 4. The quantitative estimate of drug-likeness (QED) is 0.0391. The second-order valence-corrected chi connectivity index (χ2v) is 22.4. The van der Waals surface area contributed by atoms with E-state index in [0.29, 0.717) is 90.5 Å². The van der Waals surface area contributed by atoms with Gasteiger partial charge in [-0.1, -0.05) is 52.8 Å². The molecule has 11 rings (SSSR count). The second kappa shape index (κ2) is 22.5. The van der Waals surface area contributed by atoms with Crippen LogP contribution in [0.2, 0.25) is 0 Å². The van der Waals surface area contributed by atoms with Crippen molar-refractivity contribution in [2.24, 2.45) is 11.7 Å². The maximum Gasteiger partial charge on any atom is 0.412 e. The van der Waals surface area contributed by atoms with Gasteiger partial charge in [-0.2, -0.15) is 0 Å². The highest BCUT2D eigenvalue weighted by Gasteiger charge is 2.55. The van der Waals surface area contributed by atoms with Gasteiger partial charge in [-0.05, 0) is 49.1 Å². The molecule has 78 heavy (non-hydrogen) atoms. The molecule has 7 N–H and O–H groups in total. The number of pyridine rings is 1. The third kappa shape index (κ3) is 10.3. The Labute approximate surface area is 454 Å². The predicted octanol–water partition coefficient (Wildman–Crippen LogP) is 5.97. The molecule has 6 aromatic rings.